The topological polar surface area (TPSA) is 67.9 Å². The van der Waals surface area contributed by atoms with Crippen LogP contribution in [0.5, 0.6) is 0 Å². The van der Waals surface area contributed by atoms with Crippen molar-refractivity contribution in [2.75, 3.05) is 19.6 Å². The van der Waals surface area contributed by atoms with Crippen molar-refractivity contribution in [1.82, 2.24) is 10.2 Å². The first-order chi connectivity index (χ1) is 14.3. The lowest BCUT2D eigenvalue weighted by atomic mass is 9.89. The molecular weight excluding hydrogens is 380 g/mol. The molecule has 1 aliphatic rings. The highest BCUT2D eigenvalue weighted by Crippen LogP contribution is 2.32. The molecule has 2 atom stereocenters. The maximum Gasteiger partial charge on any atom is 0.410 e. The lowest BCUT2D eigenvalue weighted by molar-refractivity contribution is 0.0519. The number of amides is 2. The van der Waals surface area contributed by atoms with Gasteiger partial charge >= 0.3 is 12.2 Å². The number of likely N-dealkylation sites (tertiary alicyclic amines) is 1. The van der Waals surface area contributed by atoms with E-state index in [0.29, 0.717) is 19.6 Å². The Kier molecular flexibility index (Phi) is 6.98. The number of carbonyl (C=O) groups excluding carboxylic acids is 2. The third kappa shape index (κ3) is 6.24. The number of carbonyl (C=O) groups is 2. The second-order valence-corrected chi connectivity index (χ2v) is 8.61. The fourth-order valence-corrected chi connectivity index (χ4v) is 3.64. The summed E-state index contributed by atoms with van der Waals surface area (Å²) in [4.78, 5) is 26.5. The molecule has 1 saturated heterocycles. The molecule has 0 radical (unpaired) electrons. The summed E-state index contributed by atoms with van der Waals surface area (Å²) in [5, 5.41) is 2.86. The highest BCUT2D eigenvalue weighted by Gasteiger charge is 2.37. The Morgan fingerprint density at radius 1 is 1.00 bits per heavy atom. The first-order valence-corrected chi connectivity index (χ1v) is 10.3. The zero-order valence-electron chi connectivity index (χ0n) is 17.8. The van der Waals surface area contributed by atoms with Gasteiger partial charge in [-0.05, 0) is 31.9 Å². The zero-order valence-corrected chi connectivity index (χ0v) is 17.8. The molecule has 2 amide bonds. The molecule has 0 spiro atoms. The average Bonchev–Trinajstić information content (AvgIpc) is 3.15. The molecule has 30 heavy (non-hydrogen) atoms. The fourth-order valence-electron chi connectivity index (χ4n) is 3.64. The monoisotopic (exact) mass is 410 g/mol. The van der Waals surface area contributed by atoms with E-state index in [0.717, 1.165) is 11.1 Å². The molecule has 6 heteroatoms. The van der Waals surface area contributed by atoms with E-state index in [-0.39, 0.29) is 24.5 Å². The van der Waals surface area contributed by atoms with Crippen LogP contribution in [0.25, 0.3) is 0 Å². The van der Waals surface area contributed by atoms with Gasteiger partial charge in [0.05, 0.1) is 0 Å². The lowest BCUT2D eigenvalue weighted by Gasteiger charge is -2.22. The Labute approximate surface area is 178 Å². The summed E-state index contributed by atoms with van der Waals surface area (Å²) in [5.74, 6) is 0.189. The van der Waals surface area contributed by atoms with Crippen LogP contribution in [-0.4, -0.2) is 42.3 Å². The minimum Gasteiger partial charge on any atom is -0.445 e. The molecule has 2 aromatic carbocycles. The SMILES string of the molecule is CC(C)(C)OC(=O)NC[C@@H]1CN(C(=O)OCc2ccccc2)C[C@H]1c1ccccc1. The Morgan fingerprint density at radius 2 is 1.63 bits per heavy atom. The van der Waals surface area contributed by atoms with Crippen LogP contribution in [0.15, 0.2) is 60.7 Å². The van der Waals surface area contributed by atoms with Crippen molar-refractivity contribution >= 4 is 12.2 Å². The molecule has 0 aromatic heterocycles. The van der Waals surface area contributed by atoms with E-state index < -0.39 is 11.7 Å². The summed E-state index contributed by atoms with van der Waals surface area (Å²) in [6, 6.07) is 19.7. The molecule has 1 fully saturated rings. The maximum atomic E-state index is 12.7. The minimum atomic E-state index is -0.550. The number of hydrogen-bond donors (Lipinski definition) is 1. The molecule has 160 valence electrons. The quantitative estimate of drug-likeness (QED) is 0.784. The minimum absolute atomic E-state index is 0.0733. The van der Waals surface area contributed by atoms with Gasteiger partial charge in [-0.15, -0.1) is 0 Å². The third-order valence-corrected chi connectivity index (χ3v) is 5.04. The van der Waals surface area contributed by atoms with Gasteiger partial charge in [0.25, 0.3) is 0 Å². The van der Waals surface area contributed by atoms with Crippen LogP contribution in [0.2, 0.25) is 0 Å². The lowest BCUT2D eigenvalue weighted by Crippen LogP contribution is -2.37. The van der Waals surface area contributed by atoms with Gasteiger partial charge in [0.2, 0.25) is 0 Å². The van der Waals surface area contributed by atoms with E-state index in [1.807, 2.05) is 69.3 Å². The smallest absolute Gasteiger partial charge is 0.410 e. The summed E-state index contributed by atoms with van der Waals surface area (Å²) >= 11 is 0. The van der Waals surface area contributed by atoms with Crippen molar-refractivity contribution in [2.45, 2.75) is 38.9 Å². The first kappa shape index (κ1) is 21.7. The Morgan fingerprint density at radius 3 is 2.27 bits per heavy atom. The summed E-state index contributed by atoms with van der Waals surface area (Å²) in [7, 11) is 0. The third-order valence-electron chi connectivity index (χ3n) is 5.04. The van der Waals surface area contributed by atoms with Crippen molar-refractivity contribution in [1.29, 1.82) is 0 Å². The molecule has 1 aliphatic heterocycles. The summed E-state index contributed by atoms with van der Waals surface area (Å²) < 4.78 is 10.9. The van der Waals surface area contributed by atoms with E-state index in [9.17, 15) is 9.59 Å². The Bertz CT molecular complexity index is 833. The molecular formula is C24H30N2O4. The predicted molar refractivity (Wildman–Crippen MR) is 115 cm³/mol. The van der Waals surface area contributed by atoms with Crippen LogP contribution in [0.4, 0.5) is 9.59 Å². The summed E-state index contributed by atoms with van der Waals surface area (Å²) in [6.45, 7) is 7.24. The van der Waals surface area contributed by atoms with Crippen LogP contribution >= 0.6 is 0 Å². The van der Waals surface area contributed by atoms with Crippen molar-refractivity contribution in [2.24, 2.45) is 5.92 Å². The standard InChI is InChI=1S/C24H30N2O4/c1-24(2,3)30-22(27)25-14-20-15-26(16-21(20)19-12-8-5-9-13-19)23(28)29-17-18-10-6-4-7-11-18/h4-13,20-21H,14-17H2,1-3H3,(H,25,27)/t20-,21+/m1/s1. The van der Waals surface area contributed by atoms with Crippen LogP contribution in [0.3, 0.4) is 0 Å². The Balaban J connectivity index is 1.62. The molecule has 0 aliphatic carbocycles. The fraction of sp³-hybridized carbons (Fsp3) is 0.417. The number of nitrogens with zero attached hydrogens (tertiary/aromatic N) is 1. The van der Waals surface area contributed by atoms with Gasteiger partial charge in [0.15, 0.2) is 0 Å². The molecule has 1 N–H and O–H groups in total. The second kappa shape index (κ2) is 9.65. The normalized spacial score (nSPS) is 18.7. The van der Waals surface area contributed by atoms with E-state index >= 15 is 0 Å². The summed E-state index contributed by atoms with van der Waals surface area (Å²) in [6.07, 6.45) is -0.779. The molecule has 0 saturated carbocycles. The number of benzene rings is 2. The van der Waals surface area contributed by atoms with Gasteiger partial charge in [-0.25, -0.2) is 9.59 Å². The van der Waals surface area contributed by atoms with Crippen LogP contribution in [0, 0.1) is 5.92 Å². The number of ether oxygens (including phenoxy) is 2. The molecule has 2 aromatic rings. The van der Waals surface area contributed by atoms with Gasteiger partial charge < -0.3 is 19.7 Å². The van der Waals surface area contributed by atoms with E-state index in [1.165, 1.54) is 0 Å². The molecule has 1 heterocycles. The van der Waals surface area contributed by atoms with Gasteiger partial charge in [-0.3, -0.25) is 0 Å². The van der Waals surface area contributed by atoms with E-state index in [1.54, 1.807) is 4.90 Å². The van der Waals surface area contributed by atoms with E-state index in [4.69, 9.17) is 9.47 Å². The van der Waals surface area contributed by atoms with Gasteiger partial charge in [-0.2, -0.15) is 0 Å². The molecule has 6 nitrogen and oxygen atoms in total. The highest BCUT2D eigenvalue weighted by atomic mass is 16.6. The van der Waals surface area contributed by atoms with E-state index in [2.05, 4.69) is 17.4 Å². The summed E-state index contributed by atoms with van der Waals surface area (Å²) in [5.41, 5.74) is 1.55. The average molecular weight is 411 g/mol. The van der Waals surface area contributed by atoms with Crippen LogP contribution in [0.1, 0.15) is 37.8 Å². The van der Waals surface area contributed by atoms with Crippen molar-refractivity contribution < 1.29 is 19.1 Å². The van der Waals surface area contributed by atoms with Gasteiger partial charge in [0.1, 0.15) is 12.2 Å². The molecule has 0 bridgehead atoms. The maximum absolute atomic E-state index is 12.7. The molecule has 0 unspecified atom stereocenters. The highest BCUT2D eigenvalue weighted by molar-refractivity contribution is 5.69. The number of rotatable bonds is 5. The van der Waals surface area contributed by atoms with Crippen molar-refractivity contribution in [3.05, 3.63) is 71.8 Å². The van der Waals surface area contributed by atoms with Crippen molar-refractivity contribution in [3.8, 4) is 0 Å². The van der Waals surface area contributed by atoms with Crippen LogP contribution < -0.4 is 5.32 Å². The van der Waals surface area contributed by atoms with Crippen molar-refractivity contribution in [3.63, 3.8) is 0 Å². The largest absolute Gasteiger partial charge is 0.445 e. The number of alkyl carbamates (subject to hydrolysis) is 1. The second-order valence-electron chi connectivity index (χ2n) is 8.61. The van der Waals surface area contributed by atoms with Gasteiger partial charge in [0, 0.05) is 31.5 Å². The molecule has 3 rings (SSSR count). The number of hydrogen-bond acceptors (Lipinski definition) is 4. The first-order valence-electron chi connectivity index (χ1n) is 10.3. The Hall–Kier alpha value is -3.02. The number of nitrogens with one attached hydrogen (secondary N) is 1. The van der Waals surface area contributed by atoms with Crippen LogP contribution in [-0.2, 0) is 16.1 Å². The predicted octanol–water partition coefficient (Wildman–Crippen LogP) is 4.56. The van der Waals surface area contributed by atoms with Gasteiger partial charge in [-0.1, -0.05) is 60.7 Å². The zero-order chi connectivity index (χ0) is 21.6.